The second-order valence-electron chi connectivity index (χ2n) is 6.95. The van der Waals surface area contributed by atoms with Crippen molar-refractivity contribution >= 4 is 27.2 Å². The number of terminal acetylenes is 1. The molecule has 3 rings (SSSR count). The van der Waals surface area contributed by atoms with Gasteiger partial charge in [-0.05, 0) is 18.6 Å². The summed E-state index contributed by atoms with van der Waals surface area (Å²) in [6.45, 7) is 0.135. The van der Waals surface area contributed by atoms with Crippen molar-refractivity contribution in [2.75, 3.05) is 29.9 Å². The molecule has 7 heteroatoms. The molecule has 1 saturated heterocycles. The molecule has 1 heterocycles. The third-order valence-corrected chi connectivity index (χ3v) is 6.60. The van der Waals surface area contributed by atoms with E-state index in [1.54, 1.807) is 53.4 Å². The van der Waals surface area contributed by atoms with Gasteiger partial charge in [-0.2, -0.15) is 0 Å². The summed E-state index contributed by atoms with van der Waals surface area (Å²) in [7, 11) is -3.09. The molecular formula is C22H22N2O4S. The summed E-state index contributed by atoms with van der Waals surface area (Å²) >= 11 is 0. The van der Waals surface area contributed by atoms with Crippen LogP contribution in [-0.2, 0) is 14.6 Å². The summed E-state index contributed by atoms with van der Waals surface area (Å²) in [5.41, 5.74) is 1.32. The Kier molecular flexibility index (Phi) is 6.47. The molecule has 150 valence electrons. The van der Waals surface area contributed by atoms with E-state index >= 15 is 0 Å². The number of hydrogen-bond donors (Lipinski definition) is 1. The quantitative estimate of drug-likeness (QED) is 0.557. The minimum Gasteiger partial charge on any atom is -0.324 e. The van der Waals surface area contributed by atoms with E-state index in [1.807, 2.05) is 6.07 Å². The normalized spacial score (nSPS) is 17.6. The smallest absolute Gasteiger partial charge is 0.238 e. The van der Waals surface area contributed by atoms with Gasteiger partial charge in [-0.25, -0.2) is 8.42 Å². The maximum absolute atomic E-state index is 12.8. The summed E-state index contributed by atoms with van der Waals surface area (Å²) in [5, 5.41) is 2.77. The molecule has 0 bridgehead atoms. The lowest BCUT2D eigenvalue weighted by Crippen LogP contribution is -2.42. The maximum atomic E-state index is 12.8. The van der Waals surface area contributed by atoms with E-state index in [2.05, 4.69) is 11.2 Å². The zero-order valence-corrected chi connectivity index (χ0v) is 16.7. The van der Waals surface area contributed by atoms with Crippen LogP contribution in [0.2, 0.25) is 0 Å². The molecule has 0 aliphatic carbocycles. The maximum Gasteiger partial charge on any atom is 0.238 e. The summed E-state index contributed by atoms with van der Waals surface area (Å²) in [5.74, 6) is 2.06. The van der Waals surface area contributed by atoms with Gasteiger partial charge in [0.05, 0.1) is 30.3 Å². The van der Waals surface area contributed by atoms with Crippen molar-refractivity contribution in [3.8, 4) is 12.3 Å². The third-order valence-electron chi connectivity index (χ3n) is 4.85. The van der Waals surface area contributed by atoms with Gasteiger partial charge >= 0.3 is 0 Å². The highest BCUT2D eigenvalue weighted by atomic mass is 32.2. The lowest BCUT2D eigenvalue weighted by atomic mass is 10.0. The first-order chi connectivity index (χ1) is 13.9. The highest BCUT2D eigenvalue weighted by Crippen LogP contribution is 2.21. The standard InChI is InChI=1S/C22H22N2O4S/c1-2-13-24(18-12-14-29(27,28)16-18)15-21(25)23-20-11-7-6-10-19(20)22(26)17-8-4-3-5-9-17/h1,3-11,18H,12-16H2,(H,23,25). The summed E-state index contributed by atoms with van der Waals surface area (Å²) in [4.78, 5) is 27.1. The van der Waals surface area contributed by atoms with Gasteiger partial charge in [0, 0.05) is 17.2 Å². The largest absolute Gasteiger partial charge is 0.324 e. The predicted octanol–water partition coefficient (Wildman–Crippen LogP) is 1.98. The number of anilines is 1. The summed E-state index contributed by atoms with van der Waals surface area (Å²) < 4.78 is 23.5. The first-order valence-corrected chi connectivity index (χ1v) is 11.1. The molecule has 1 aliphatic heterocycles. The van der Waals surface area contributed by atoms with Crippen LogP contribution in [0.4, 0.5) is 5.69 Å². The number of nitrogens with zero attached hydrogens (tertiary/aromatic N) is 1. The van der Waals surface area contributed by atoms with Crippen LogP contribution in [0.15, 0.2) is 54.6 Å². The Bertz CT molecular complexity index is 1040. The lowest BCUT2D eigenvalue weighted by molar-refractivity contribution is -0.117. The van der Waals surface area contributed by atoms with Gasteiger partial charge in [0.2, 0.25) is 5.91 Å². The molecule has 2 aromatic rings. The van der Waals surface area contributed by atoms with E-state index in [0.29, 0.717) is 23.2 Å². The van der Waals surface area contributed by atoms with Crippen LogP contribution in [0.3, 0.4) is 0 Å². The number of carbonyl (C=O) groups excluding carboxylic acids is 2. The zero-order chi connectivity index (χ0) is 20.9. The highest BCUT2D eigenvalue weighted by Gasteiger charge is 2.32. The van der Waals surface area contributed by atoms with Crippen molar-refractivity contribution < 1.29 is 18.0 Å². The predicted molar refractivity (Wildman–Crippen MR) is 112 cm³/mol. The fourth-order valence-corrected chi connectivity index (χ4v) is 5.17. The van der Waals surface area contributed by atoms with Crippen molar-refractivity contribution in [2.24, 2.45) is 0 Å². The van der Waals surface area contributed by atoms with Crippen molar-refractivity contribution in [2.45, 2.75) is 12.5 Å². The molecule has 1 unspecified atom stereocenters. The Morgan fingerprint density at radius 3 is 2.45 bits per heavy atom. The first kappa shape index (κ1) is 20.8. The number of sulfone groups is 1. The van der Waals surface area contributed by atoms with Gasteiger partial charge < -0.3 is 5.32 Å². The number of hydrogen-bond acceptors (Lipinski definition) is 5. The third kappa shape index (κ3) is 5.31. The minimum absolute atomic E-state index is 0.00500. The van der Waals surface area contributed by atoms with Gasteiger partial charge in [-0.3, -0.25) is 14.5 Å². The number of amides is 1. The first-order valence-electron chi connectivity index (χ1n) is 9.26. The molecule has 0 spiro atoms. The number of nitrogens with one attached hydrogen (secondary N) is 1. The highest BCUT2D eigenvalue weighted by molar-refractivity contribution is 7.91. The molecule has 1 atom stereocenters. The van der Waals surface area contributed by atoms with Gasteiger partial charge in [0.1, 0.15) is 0 Å². The van der Waals surface area contributed by atoms with Crippen molar-refractivity contribution in [1.82, 2.24) is 4.90 Å². The number of carbonyl (C=O) groups is 2. The molecule has 6 nitrogen and oxygen atoms in total. The average molecular weight is 410 g/mol. The number of rotatable bonds is 7. The van der Waals surface area contributed by atoms with Gasteiger partial charge in [-0.1, -0.05) is 48.4 Å². The summed E-state index contributed by atoms with van der Waals surface area (Å²) in [6.07, 6.45) is 5.86. The van der Waals surface area contributed by atoms with Crippen LogP contribution in [0.5, 0.6) is 0 Å². The molecule has 0 saturated carbocycles. The Hall–Kier alpha value is -2.95. The summed E-state index contributed by atoms with van der Waals surface area (Å²) in [6, 6.07) is 15.3. The molecule has 2 aromatic carbocycles. The Morgan fingerprint density at radius 1 is 1.10 bits per heavy atom. The van der Waals surface area contributed by atoms with Crippen molar-refractivity contribution in [3.63, 3.8) is 0 Å². The second kappa shape index (κ2) is 9.03. The Labute approximate surface area is 170 Å². The van der Waals surface area contributed by atoms with E-state index in [0.717, 1.165) is 0 Å². The van der Waals surface area contributed by atoms with E-state index in [-0.39, 0.29) is 42.3 Å². The van der Waals surface area contributed by atoms with Crippen LogP contribution >= 0.6 is 0 Å². The molecule has 1 aliphatic rings. The molecule has 0 radical (unpaired) electrons. The molecule has 1 N–H and O–H groups in total. The Balaban J connectivity index is 1.74. The van der Waals surface area contributed by atoms with Crippen LogP contribution in [0.25, 0.3) is 0 Å². The van der Waals surface area contributed by atoms with Crippen LogP contribution in [-0.4, -0.2) is 55.6 Å². The second-order valence-corrected chi connectivity index (χ2v) is 9.18. The number of para-hydroxylation sites is 1. The van der Waals surface area contributed by atoms with E-state index in [9.17, 15) is 18.0 Å². The number of benzene rings is 2. The average Bonchev–Trinajstić information content (AvgIpc) is 3.08. The fourth-order valence-electron chi connectivity index (χ4n) is 3.40. The molecule has 0 aromatic heterocycles. The fraction of sp³-hybridized carbons (Fsp3) is 0.273. The molecule has 1 amide bonds. The Morgan fingerprint density at radius 2 is 1.79 bits per heavy atom. The van der Waals surface area contributed by atoms with Crippen molar-refractivity contribution in [3.05, 3.63) is 65.7 Å². The SMILES string of the molecule is C#CCN(CC(=O)Nc1ccccc1C(=O)c1ccccc1)C1CCS(=O)(=O)C1. The van der Waals surface area contributed by atoms with E-state index < -0.39 is 9.84 Å². The molecule has 29 heavy (non-hydrogen) atoms. The topological polar surface area (TPSA) is 83.6 Å². The monoisotopic (exact) mass is 410 g/mol. The number of ketones is 1. The van der Waals surface area contributed by atoms with Gasteiger partial charge in [0.15, 0.2) is 15.6 Å². The van der Waals surface area contributed by atoms with Gasteiger partial charge in [0.25, 0.3) is 0 Å². The van der Waals surface area contributed by atoms with Gasteiger partial charge in [-0.15, -0.1) is 6.42 Å². The minimum atomic E-state index is -3.09. The lowest BCUT2D eigenvalue weighted by Gasteiger charge is -2.25. The van der Waals surface area contributed by atoms with Crippen LogP contribution in [0.1, 0.15) is 22.3 Å². The van der Waals surface area contributed by atoms with E-state index in [4.69, 9.17) is 6.42 Å². The molecule has 1 fully saturated rings. The van der Waals surface area contributed by atoms with Crippen LogP contribution in [0, 0.1) is 12.3 Å². The molecular weight excluding hydrogens is 388 g/mol. The zero-order valence-electron chi connectivity index (χ0n) is 15.9. The van der Waals surface area contributed by atoms with Crippen LogP contribution < -0.4 is 5.32 Å². The van der Waals surface area contributed by atoms with E-state index in [1.165, 1.54) is 0 Å². The van der Waals surface area contributed by atoms with Crippen molar-refractivity contribution in [1.29, 1.82) is 0 Å².